The van der Waals surface area contributed by atoms with Crippen LogP contribution in [0, 0.1) is 12.8 Å². The lowest BCUT2D eigenvalue weighted by Crippen LogP contribution is -2.37. The van der Waals surface area contributed by atoms with Crippen molar-refractivity contribution in [1.82, 2.24) is 19.9 Å². The van der Waals surface area contributed by atoms with Crippen molar-refractivity contribution in [1.29, 1.82) is 0 Å². The molecule has 0 N–H and O–H groups in total. The van der Waals surface area contributed by atoms with E-state index in [2.05, 4.69) is 24.8 Å². The van der Waals surface area contributed by atoms with Gasteiger partial charge in [0.15, 0.2) is 5.78 Å². The molecule has 162 valence electrons. The maximum Gasteiger partial charge on any atom is 0.309 e. The Morgan fingerprint density at radius 1 is 1.13 bits per heavy atom. The van der Waals surface area contributed by atoms with Gasteiger partial charge in [-0.05, 0) is 26.7 Å². The van der Waals surface area contributed by atoms with Crippen LogP contribution in [0.4, 0.5) is 5.82 Å². The molecule has 4 heterocycles. The third-order valence-corrected chi connectivity index (χ3v) is 6.90. The molecule has 1 saturated heterocycles. The predicted molar refractivity (Wildman–Crippen MR) is 120 cm³/mol. The van der Waals surface area contributed by atoms with Crippen molar-refractivity contribution in [3.63, 3.8) is 0 Å². The number of hydrogen-bond donors (Lipinski definition) is 0. The van der Waals surface area contributed by atoms with Gasteiger partial charge in [-0.2, -0.15) is 0 Å². The number of ether oxygens (including phenoxy) is 1. The van der Waals surface area contributed by atoms with Crippen LogP contribution in [0.15, 0.2) is 23.2 Å². The second-order valence-corrected chi connectivity index (χ2v) is 9.09. The standard InChI is InChI=1S/C21H23N5O3S2/c1-3-29-21(28)14-4-6-26(7-5-14)18-10-22-15(9-23-18)17(27)8-19-25-16(12-30-19)20-24-13(2)11-31-20/h9-12,14H,3-8H2,1-2H3. The van der Waals surface area contributed by atoms with Crippen molar-refractivity contribution in [2.45, 2.75) is 33.1 Å². The summed E-state index contributed by atoms with van der Waals surface area (Å²) in [6.45, 7) is 5.60. The van der Waals surface area contributed by atoms with Gasteiger partial charge in [-0.15, -0.1) is 22.7 Å². The first-order valence-electron chi connectivity index (χ1n) is 10.2. The Labute approximate surface area is 188 Å². The molecule has 1 aliphatic rings. The first-order valence-corrected chi connectivity index (χ1v) is 11.9. The number of rotatable bonds is 7. The van der Waals surface area contributed by atoms with Crippen molar-refractivity contribution in [3.05, 3.63) is 39.5 Å². The van der Waals surface area contributed by atoms with Crippen LogP contribution in [0.3, 0.4) is 0 Å². The molecule has 0 atom stereocenters. The summed E-state index contributed by atoms with van der Waals surface area (Å²) in [5.41, 5.74) is 2.09. The Kier molecular flexibility index (Phi) is 6.67. The van der Waals surface area contributed by atoms with Gasteiger partial charge in [0, 0.05) is 29.5 Å². The monoisotopic (exact) mass is 457 g/mol. The summed E-state index contributed by atoms with van der Waals surface area (Å²) < 4.78 is 5.11. The number of aryl methyl sites for hydroxylation is 1. The molecule has 0 amide bonds. The average molecular weight is 458 g/mol. The Morgan fingerprint density at radius 2 is 1.94 bits per heavy atom. The summed E-state index contributed by atoms with van der Waals surface area (Å²) in [7, 11) is 0. The zero-order valence-corrected chi connectivity index (χ0v) is 19.0. The topological polar surface area (TPSA) is 98.2 Å². The van der Waals surface area contributed by atoms with Crippen molar-refractivity contribution < 1.29 is 14.3 Å². The zero-order chi connectivity index (χ0) is 21.8. The molecule has 0 saturated carbocycles. The lowest BCUT2D eigenvalue weighted by Gasteiger charge is -2.31. The number of Topliss-reactive ketones (excluding diaryl/α,β-unsaturated/α-hetero) is 1. The second kappa shape index (κ2) is 9.61. The summed E-state index contributed by atoms with van der Waals surface area (Å²) in [5.74, 6) is 0.428. The van der Waals surface area contributed by atoms with Crippen molar-refractivity contribution >= 4 is 40.2 Å². The Hall–Kier alpha value is -2.72. The van der Waals surface area contributed by atoms with E-state index in [1.165, 1.54) is 17.5 Å². The largest absolute Gasteiger partial charge is 0.466 e. The fourth-order valence-corrected chi connectivity index (χ4v) is 5.03. The van der Waals surface area contributed by atoms with Crippen LogP contribution in [0.1, 0.15) is 41.0 Å². The minimum Gasteiger partial charge on any atom is -0.466 e. The third-order valence-electron chi connectivity index (χ3n) is 5.06. The molecular formula is C21H23N5O3S2. The molecule has 0 aliphatic carbocycles. The maximum atomic E-state index is 12.6. The first kappa shape index (κ1) is 21.5. The van der Waals surface area contributed by atoms with Gasteiger partial charge in [0.2, 0.25) is 0 Å². The van der Waals surface area contributed by atoms with E-state index < -0.39 is 0 Å². The number of hydrogen-bond acceptors (Lipinski definition) is 10. The van der Waals surface area contributed by atoms with Crippen LogP contribution in [-0.2, 0) is 16.0 Å². The first-order chi connectivity index (χ1) is 15.0. The van der Waals surface area contributed by atoms with Gasteiger partial charge in [-0.3, -0.25) is 9.59 Å². The number of esters is 1. The molecule has 0 bridgehead atoms. The normalized spacial score (nSPS) is 14.6. The average Bonchev–Trinajstić information content (AvgIpc) is 3.43. The zero-order valence-electron chi connectivity index (χ0n) is 17.4. The molecule has 10 heteroatoms. The SMILES string of the molecule is CCOC(=O)C1CCN(c2cnc(C(=O)Cc3nc(-c4nc(C)cs4)cs3)cn2)CC1. The van der Waals surface area contributed by atoms with E-state index in [4.69, 9.17) is 4.74 Å². The lowest BCUT2D eigenvalue weighted by molar-refractivity contribution is -0.148. The van der Waals surface area contributed by atoms with Crippen LogP contribution in [0.25, 0.3) is 10.7 Å². The number of aromatic nitrogens is 4. The molecule has 0 unspecified atom stereocenters. The molecule has 31 heavy (non-hydrogen) atoms. The van der Waals surface area contributed by atoms with Gasteiger partial charge in [-0.1, -0.05) is 0 Å². The molecule has 0 aromatic carbocycles. The molecule has 4 rings (SSSR count). The highest BCUT2D eigenvalue weighted by molar-refractivity contribution is 7.14. The van der Waals surface area contributed by atoms with E-state index in [1.807, 2.05) is 24.6 Å². The van der Waals surface area contributed by atoms with E-state index in [-0.39, 0.29) is 24.1 Å². The Balaban J connectivity index is 1.34. The van der Waals surface area contributed by atoms with Crippen LogP contribution < -0.4 is 4.90 Å². The summed E-state index contributed by atoms with van der Waals surface area (Å²) in [6, 6.07) is 0. The lowest BCUT2D eigenvalue weighted by atomic mass is 9.97. The van der Waals surface area contributed by atoms with Gasteiger partial charge in [-0.25, -0.2) is 19.9 Å². The van der Waals surface area contributed by atoms with E-state index in [9.17, 15) is 9.59 Å². The predicted octanol–water partition coefficient (Wildman–Crippen LogP) is 3.57. The number of nitrogens with zero attached hydrogens (tertiary/aromatic N) is 5. The minimum absolute atomic E-state index is 0.0542. The summed E-state index contributed by atoms with van der Waals surface area (Å²) >= 11 is 2.99. The van der Waals surface area contributed by atoms with Crippen LogP contribution in [-0.4, -0.2) is 51.4 Å². The fourth-order valence-electron chi connectivity index (χ4n) is 3.42. The van der Waals surface area contributed by atoms with Gasteiger partial charge in [0.05, 0.1) is 31.3 Å². The fraction of sp³-hybridized carbons (Fsp3) is 0.429. The molecule has 0 radical (unpaired) electrons. The number of carbonyl (C=O) groups is 2. The molecule has 0 spiro atoms. The number of piperidine rings is 1. The third kappa shape index (κ3) is 5.13. The van der Waals surface area contributed by atoms with E-state index in [0.717, 1.165) is 40.1 Å². The van der Waals surface area contributed by atoms with Crippen LogP contribution in [0.5, 0.6) is 0 Å². The van der Waals surface area contributed by atoms with Crippen molar-refractivity contribution in [3.8, 4) is 10.7 Å². The summed E-state index contributed by atoms with van der Waals surface area (Å²) in [4.78, 5) is 44.3. The minimum atomic E-state index is -0.121. The second-order valence-electron chi connectivity index (χ2n) is 7.29. The maximum absolute atomic E-state index is 12.6. The van der Waals surface area contributed by atoms with E-state index in [0.29, 0.717) is 25.4 Å². The van der Waals surface area contributed by atoms with Crippen molar-refractivity contribution in [2.75, 3.05) is 24.6 Å². The van der Waals surface area contributed by atoms with Crippen molar-refractivity contribution in [2.24, 2.45) is 5.92 Å². The Bertz CT molecular complexity index is 1060. The van der Waals surface area contributed by atoms with Gasteiger partial charge in [0.1, 0.15) is 27.2 Å². The van der Waals surface area contributed by atoms with Crippen LogP contribution >= 0.6 is 22.7 Å². The molecule has 3 aromatic rings. The molecule has 1 fully saturated rings. The molecule has 8 nitrogen and oxygen atoms in total. The van der Waals surface area contributed by atoms with E-state index >= 15 is 0 Å². The smallest absolute Gasteiger partial charge is 0.309 e. The number of ketones is 1. The molecule has 3 aromatic heterocycles. The highest BCUT2D eigenvalue weighted by Crippen LogP contribution is 2.26. The summed E-state index contributed by atoms with van der Waals surface area (Å²) in [5, 5.41) is 5.51. The van der Waals surface area contributed by atoms with Gasteiger partial charge >= 0.3 is 5.97 Å². The number of carbonyl (C=O) groups excluding carboxylic acids is 2. The number of thiazole rings is 2. The highest BCUT2D eigenvalue weighted by atomic mass is 32.1. The van der Waals surface area contributed by atoms with E-state index in [1.54, 1.807) is 17.5 Å². The molecule has 1 aliphatic heterocycles. The summed E-state index contributed by atoms with van der Waals surface area (Å²) in [6.07, 6.45) is 4.80. The Morgan fingerprint density at radius 3 is 2.58 bits per heavy atom. The highest BCUT2D eigenvalue weighted by Gasteiger charge is 2.26. The van der Waals surface area contributed by atoms with Crippen LogP contribution in [0.2, 0.25) is 0 Å². The quantitative estimate of drug-likeness (QED) is 0.392. The molecular weight excluding hydrogens is 434 g/mol. The number of anilines is 1. The van der Waals surface area contributed by atoms with Gasteiger partial charge < -0.3 is 9.64 Å². The van der Waals surface area contributed by atoms with Gasteiger partial charge in [0.25, 0.3) is 0 Å².